The average Bonchev–Trinajstić information content (AvgIpc) is 2.34. The second-order valence-corrected chi connectivity index (χ2v) is 3.98. The highest BCUT2D eigenvalue weighted by atomic mass is 19.1. The molecule has 1 unspecified atom stereocenters. The number of pyridine rings is 1. The minimum atomic E-state index is -0.852. The molecule has 0 saturated carbocycles. The Morgan fingerprint density at radius 2 is 2.29 bits per heavy atom. The maximum absolute atomic E-state index is 13.7. The van der Waals surface area contributed by atoms with E-state index >= 15 is 0 Å². The summed E-state index contributed by atoms with van der Waals surface area (Å²) in [5.41, 5.74) is 1.25. The molecule has 0 amide bonds. The van der Waals surface area contributed by atoms with Gasteiger partial charge in [-0.1, -0.05) is 18.1 Å². The molecule has 2 rings (SSSR count). The number of aromatic nitrogens is 1. The van der Waals surface area contributed by atoms with Crippen LogP contribution >= 0.6 is 0 Å². The summed E-state index contributed by atoms with van der Waals surface area (Å²) in [6, 6.07) is 5.30. The van der Waals surface area contributed by atoms with Crippen molar-refractivity contribution in [2.75, 3.05) is 0 Å². The number of fused-ring (bicyclic) bond motifs is 1. The van der Waals surface area contributed by atoms with Gasteiger partial charge in [-0.2, -0.15) is 0 Å². The molecule has 86 valence electrons. The van der Waals surface area contributed by atoms with Crippen molar-refractivity contribution >= 4 is 10.8 Å². The lowest BCUT2D eigenvalue weighted by atomic mass is 10.1. The number of aliphatic hydroxyl groups is 1. The fraction of sp³-hybridized carbons (Fsp3) is 0.214. The van der Waals surface area contributed by atoms with E-state index in [1.807, 2.05) is 6.07 Å². The molecule has 0 fully saturated rings. The number of nitrogens with zero attached hydrogens (tertiary/aromatic N) is 1. The molecule has 1 N–H and O–H groups in total. The maximum Gasteiger partial charge on any atom is 0.135 e. The first-order valence-corrected chi connectivity index (χ1v) is 5.29. The number of aliphatic hydroxyl groups excluding tert-OH is 1. The van der Waals surface area contributed by atoms with Crippen molar-refractivity contribution in [3.05, 3.63) is 41.5 Å². The van der Waals surface area contributed by atoms with Gasteiger partial charge in [-0.3, -0.25) is 4.98 Å². The summed E-state index contributed by atoms with van der Waals surface area (Å²) in [5.74, 6) is 1.97. The first kappa shape index (κ1) is 11.6. The van der Waals surface area contributed by atoms with E-state index in [1.165, 1.54) is 6.20 Å². The van der Waals surface area contributed by atoms with Gasteiger partial charge in [-0.15, -0.1) is 6.42 Å². The summed E-state index contributed by atoms with van der Waals surface area (Å²) >= 11 is 0. The maximum atomic E-state index is 13.7. The Bertz CT molecular complexity index is 601. The quantitative estimate of drug-likeness (QED) is 0.801. The predicted molar refractivity (Wildman–Crippen MR) is 65.0 cm³/mol. The molecule has 2 nitrogen and oxygen atoms in total. The van der Waals surface area contributed by atoms with Gasteiger partial charge in [0.25, 0.3) is 0 Å². The molecule has 1 aromatic heterocycles. The van der Waals surface area contributed by atoms with Gasteiger partial charge in [-0.05, 0) is 23.9 Å². The molecule has 2 aromatic rings. The van der Waals surface area contributed by atoms with E-state index in [-0.39, 0.29) is 12.2 Å². The van der Waals surface area contributed by atoms with E-state index in [0.29, 0.717) is 16.6 Å². The lowest BCUT2D eigenvalue weighted by molar-refractivity contribution is 0.232. The van der Waals surface area contributed by atoms with Crippen molar-refractivity contribution in [3.8, 4) is 12.3 Å². The number of hydrogen-bond donors (Lipinski definition) is 1. The fourth-order valence-electron chi connectivity index (χ4n) is 1.71. The molecule has 17 heavy (non-hydrogen) atoms. The smallest absolute Gasteiger partial charge is 0.135 e. The number of benzene rings is 1. The van der Waals surface area contributed by atoms with Crippen molar-refractivity contribution < 1.29 is 9.50 Å². The highest BCUT2D eigenvalue weighted by molar-refractivity contribution is 5.83. The minimum absolute atomic E-state index is 0.251. The van der Waals surface area contributed by atoms with Crippen molar-refractivity contribution in [3.63, 3.8) is 0 Å². The van der Waals surface area contributed by atoms with Gasteiger partial charge in [0.15, 0.2) is 0 Å². The van der Waals surface area contributed by atoms with Gasteiger partial charge in [0, 0.05) is 23.7 Å². The first-order chi connectivity index (χ1) is 8.11. The molecule has 1 heterocycles. The zero-order valence-corrected chi connectivity index (χ0v) is 9.44. The monoisotopic (exact) mass is 229 g/mol. The zero-order chi connectivity index (χ0) is 12.4. The van der Waals surface area contributed by atoms with Crippen LogP contribution in [0.15, 0.2) is 24.4 Å². The topological polar surface area (TPSA) is 33.1 Å². The summed E-state index contributed by atoms with van der Waals surface area (Å²) in [4.78, 5) is 4.10. The van der Waals surface area contributed by atoms with Crippen LogP contribution in [-0.4, -0.2) is 16.2 Å². The van der Waals surface area contributed by atoms with E-state index in [2.05, 4.69) is 10.9 Å². The molecule has 0 saturated heterocycles. The Hall–Kier alpha value is -1.92. The Labute approximate surface area is 99.1 Å². The normalized spacial score (nSPS) is 12.4. The van der Waals surface area contributed by atoms with Crippen LogP contribution in [0.3, 0.4) is 0 Å². The van der Waals surface area contributed by atoms with Gasteiger partial charge in [0.1, 0.15) is 11.9 Å². The largest absolute Gasteiger partial charge is 0.380 e. The summed E-state index contributed by atoms with van der Waals surface area (Å²) in [6.07, 6.45) is 6.00. The van der Waals surface area contributed by atoms with Crippen molar-refractivity contribution in [1.82, 2.24) is 4.98 Å². The van der Waals surface area contributed by atoms with E-state index in [0.717, 1.165) is 5.39 Å². The highest BCUT2D eigenvalue weighted by Gasteiger charge is 2.07. The third-order valence-corrected chi connectivity index (χ3v) is 2.68. The Morgan fingerprint density at radius 3 is 3.00 bits per heavy atom. The Morgan fingerprint density at radius 1 is 1.53 bits per heavy atom. The Kier molecular flexibility index (Phi) is 3.08. The van der Waals surface area contributed by atoms with Crippen LogP contribution in [0, 0.1) is 25.1 Å². The van der Waals surface area contributed by atoms with Gasteiger partial charge < -0.3 is 5.11 Å². The zero-order valence-electron chi connectivity index (χ0n) is 9.44. The molecule has 0 aliphatic carbocycles. The molecule has 0 aliphatic rings. The molecular formula is C14H12FNO. The third kappa shape index (κ3) is 2.27. The van der Waals surface area contributed by atoms with E-state index < -0.39 is 6.10 Å². The van der Waals surface area contributed by atoms with Crippen LogP contribution in [0.4, 0.5) is 4.39 Å². The molecular weight excluding hydrogens is 217 g/mol. The molecule has 1 aromatic carbocycles. The number of hydrogen-bond acceptors (Lipinski definition) is 2. The summed E-state index contributed by atoms with van der Waals surface area (Å²) in [7, 11) is 0. The SMILES string of the molecule is C#CC(O)Cc1cc2ccc(C)c(F)c2cn1. The first-order valence-electron chi connectivity index (χ1n) is 5.29. The molecule has 0 aliphatic heterocycles. The van der Waals surface area contributed by atoms with Crippen LogP contribution in [0.1, 0.15) is 11.3 Å². The van der Waals surface area contributed by atoms with Gasteiger partial charge in [-0.25, -0.2) is 4.39 Å². The second-order valence-electron chi connectivity index (χ2n) is 3.98. The predicted octanol–water partition coefficient (Wildman–Crippen LogP) is 2.22. The van der Waals surface area contributed by atoms with Gasteiger partial charge in [0.2, 0.25) is 0 Å². The van der Waals surface area contributed by atoms with Crippen molar-refractivity contribution in [2.45, 2.75) is 19.4 Å². The summed E-state index contributed by atoms with van der Waals surface area (Å²) in [5, 5.41) is 10.6. The second kappa shape index (κ2) is 4.52. The van der Waals surface area contributed by atoms with Crippen LogP contribution in [-0.2, 0) is 6.42 Å². The fourth-order valence-corrected chi connectivity index (χ4v) is 1.71. The standard InChI is InChI=1S/C14H12FNO/c1-3-12(17)7-11-6-10-5-4-9(2)14(15)13(10)8-16-11/h1,4-6,8,12,17H,7H2,2H3. The van der Waals surface area contributed by atoms with Crippen LogP contribution in [0.5, 0.6) is 0 Å². The lowest BCUT2D eigenvalue weighted by Gasteiger charge is -2.06. The number of terminal acetylenes is 1. The van der Waals surface area contributed by atoms with Crippen molar-refractivity contribution in [1.29, 1.82) is 0 Å². The molecule has 0 bridgehead atoms. The number of rotatable bonds is 2. The average molecular weight is 229 g/mol. The van der Waals surface area contributed by atoms with Gasteiger partial charge >= 0.3 is 0 Å². The Balaban J connectivity index is 2.46. The molecule has 0 spiro atoms. The lowest BCUT2D eigenvalue weighted by Crippen LogP contribution is -2.08. The molecule has 0 radical (unpaired) electrons. The summed E-state index contributed by atoms with van der Waals surface area (Å²) < 4.78 is 13.7. The number of halogens is 1. The van der Waals surface area contributed by atoms with Crippen LogP contribution in [0.25, 0.3) is 10.8 Å². The highest BCUT2D eigenvalue weighted by Crippen LogP contribution is 2.20. The molecule has 3 heteroatoms. The summed E-state index contributed by atoms with van der Waals surface area (Å²) in [6.45, 7) is 1.71. The van der Waals surface area contributed by atoms with Crippen LogP contribution < -0.4 is 0 Å². The van der Waals surface area contributed by atoms with Crippen molar-refractivity contribution in [2.24, 2.45) is 0 Å². The van der Waals surface area contributed by atoms with E-state index in [1.54, 1.807) is 19.1 Å². The van der Waals surface area contributed by atoms with Crippen LogP contribution in [0.2, 0.25) is 0 Å². The number of aryl methyl sites for hydroxylation is 1. The van der Waals surface area contributed by atoms with E-state index in [4.69, 9.17) is 6.42 Å². The molecule has 1 atom stereocenters. The minimum Gasteiger partial charge on any atom is -0.380 e. The van der Waals surface area contributed by atoms with Gasteiger partial charge in [0.05, 0.1) is 0 Å². The third-order valence-electron chi connectivity index (χ3n) is 2.68. The van der Waals surface area contributed by atoms with E-state index in [9.17, 15) is 9.50 Å².